The number of hydrogen-bond acceptors (Lipinski definition) is 4. The average molecular weight is 491 g/mol. The molecular formula is C29H38N4O3. The molecule has 1 spiro atoms. The molecule has 3 heterocycles. The summed E-state index contributed by atoms with van der Waals surface area (Å²) in [5, 5.41) is 14.7. The number of hydrogen-bond donors (Lipinski definition) is 1. The molecule has 1 aromatic heterocycles. The summed E-state index contributed by atoms with van der Waals surface area (Å²) >= 11 is 0. The van der Waals surface area contributed by atoms with Crippen molar-refractivity contribution in [3.63, 3.8) is 0 Å². The second-order valence-electron chi connectivity index (χ2n) is 10.9. The highest BCUT2D eigenvalue weighted by atomic mass is 16.5. The predicted molar refractivity (Wildman–Crippen MR) is 137 cm³/mol. The number of nitrogens with one attached hydrogen (secondary N) is 1. The molecule has 1 saturated carbocycles. The minimum Gasteiger partial charge on any atom is -0.619 e. The van der Waals surface area contributed by atoms with Gasteiger partial charge in [0, 0.05) is 37.7 Å². The van der Waals surface area contributed by atoms with Crippen LogP contribution >= 0.6 is 0 Å². The molecule has 5 rings (SSSR count). The van der Waals surface area contributed by atoms with E-state index < -0.39 is 0 Å². The lowest BCUT2D eigenvalue weighted by atomic mass is 9.77. The quantitative estimate of drug-likeness (QED) is 0.453. The van der Waals surface area contributed by atoms with E-state index in [-0.39, 0.29) is 29.2 Å². The van der Waals surface area contributed by atoms with Crippen molar-refractivity contribution in [1.29, 1.82) is 0 Å². The second-order valence-corrected chi connectivity index (χ2v) is 10.9. The van der Waals surface area contributed by atoms with Gasteiger partial charge in [-0.25, -0.2) is 0 Å². The van der Waals surface area contributed by atoms with Crippen molar-refractivity contribution in [3.05, 3.63) is 71.2 Å². The van der Waals surface area contributed by atoms with E-state index in [0.29, 0.717) is 6.54 Å². The fourth-order valence-corrected chi connectivity index (χ4v) is 6.28. The summed E-state index contributed by atoms with van der Waals surface area (Å²) in [4.78, 5) is 30.7. The summed E-state index contributed by atoms with van der Waals surface area (Å²) in [5.41, 5.74) is 1.93. The Labute approximate surface area is 214 Å². The van der Waals surface area contributed by atoms with Gasteiger partial charge in [-0.3, -0.25) is 9.59 Å². The normalized spacial score (nSPS) is 21.2. The molecule has 2 aliphatic heterocycles. The topological polar surface area (TPSA) is 79.6 Å². The largest absolute Gasteiger partial charge is 0.619 e. The van der Waals surface area contributed by atoms with Gasteiger partial charge in [0.2, 0.25) is 11.8 Å². The number of aromatic nitrogens is 1. The number of benzene rings is 1. The van der Waals surface area contributed by atoms with E-state index in [1.165, 1.54) is 18.0 Å². The van der Waals surface area contributed by atoms with Crippen molar-refractivity contribution in [2.24, 2.45) is 11.3 Å². The van der Waals surface area contributed by atoms with Gasteiger partial charge in [0.05, 0.1) is 11.5 Å². The SMILES string of the molecule is O=C(N[C@@H](CCN1CCC2(CC1)CCN(Cc1cc[n+]([O-])cc1)C2=O)c1ccccc1)C1CCCC1. The van der Waals surface area contributed by atoms with E-state index in [1.807, 2.05) is 23.1 Å². The highest BCUT2D eigenvalue weighted by molar-refractivity contribution is 5.85. The van der Waals surface area contributed by atoms with Gasteiger partial charge in [-0.2, -0.15) is 4.73 Å². The summed E-state index contributed by atoms with van der Waals surface area (Å²) in [6.07, 6.45) is 10.9. The Morgan fingerprint density at radius 2 is 1.69 bits per heavy atom. The van der Waals surface area contributed by atoms with E-state index in [4.69, 9.17) is 0 Å². The smallest absolute Gasteiger partial charge is 0.229 e. The molecule has 2 amide bonds. The third-order valence-electron chi connectivity index (χ3n) is 8.64. The van der Waals surface area contributed by atoms with Crippen molar-refractivity contribution in [2.75, 3.05) is 26.2 Å². The Kier molecular flexibility index (Phi) is 7.56. The van der Waals surface area contributed by atoms with Gasteiger partial charge in [0.1, 0.15) is 0 Å². The lowest BCUT2D eigenvalue weighted by molar-refractivity contribution is -0.605. The molecule has 3 fully saturated rings. The molecule has 36 heavy (non-hydrogen) atoms. The number of rotatable bonds is 8. The minimum absolute atomic E-state index is 0.0254. The molecule has 1 atom stereocenters. The highest BCUT2D eigenvalue weighted by Crippen LogP contribution is 2.42. The van der Waals surface area contributed by atoms with Crippen molar-refractivity contribution in [2.45, 2.75) is 64.0 Å². The molecule has 0 bridgehead atoms. The molecule has 7 heteroatoms. The van der Waals surface area contributed by atoms with E-state index in [0.717, 1.165) is 87.8 Å². The van der Waals surface area contributed by atoms with Crippen molar-refractivity contribution >= 4 is 11.8 Å². The van der Waals surface area contributed by atoms with Gasteiger partial charge in [0.15, 0.2) is 12.4 Å². The van der Waals surface area contributed by atoms with Gasteiger partial charge in [-0.05, 0) is 62.7 Å². The second kappa shape index (κ2) is 11.0. The van der Waals surface area contributed by atoms with Crippen LogP contribution < -0.4 is 10.0 Å². The Morgan fingerprint density at radius 1 is 1.03 bits per heavy atom. The van der Waals surface area contributed by atoms with Crippen LogP contribution in [0.25, 0.3) is 0 Å². The van der Waals surface area contributed by atoms with E-state index in [2.05, 4.69) is 22.3 Å². The standard InChI is InChI=1S/C29H38N4O3/c34-27(25-8-4-5-9-25)30-26(24-6-2-1-3-7-24)12-16-31-19-13-29(14-20-31)15-21-32(28(29)35)22-23-10-17-33(36)18-11-23/h1-3,6-7,10-11,17-18,25-26H,4-5,8-9,12-16,19-22H2,(H,30,34)/t26-/m0/s1. The zero-order valence-electron chi connectivity index (χ0n) is 21.1. The van der Waals surface area contributed by atoms with Crippen molar-refractivity contribution < 1.29 is 14.3 Å². The zero-order valence-corrected chi connectivity index (χ0v) is 21.1. The molecule has 0 radical (unpaired) electrons. The van der Waals surface area contributed by atoms with Crippen LogP contribution in [0.2, 0.25) is 0 Å². The number of pyridine rings is 1. The van der Waals surface area contributed by atoms with E-state index >= 15 is 0 Å². The monoisotopic (exact) mass is 490 g/mol. The molecule has 2 saturated heterocycles. The molecule has 3 aliphatic rings. The molecule has 2 aromatic rings. The van der Waals surface area contributed by atoms with Crippen LogP contribution in [-0.4, -0.2) is 47.8 Å². The summed E-state index contributed by atoms with van der Waals surface area (Å²) in [7, 11) is 0. The van der Waals surface area contributed by atoms with Gasteiger partial charge in [0.25, 0.3) is 0 Å². The molecule has 0 unspecified atom stereocenters. The van der Waals surface area contributed by atoms with Gasteiger partial charge >= 0.3 is 0 Å². The number of piperidine rings is 1. The van der Waals surface area contributed by atoms with Crippen LogP contribution in [-0.2, 0) is 16.1 Å². The fourth-order valence-electron chi connectivity index (χ4n) is 6.28. The Bertz CT molecular complexity index is 1030. The lowest BCUT2D eigenvalue weighted by Crippen LogP contribution is -2.45. The molecular weight excluding hydrogens is 452 g/mol. The maximum absolute atomic E-state index is 13.4. The fraction of sp³-hybridized carbons (Fsp3) is 0.552. The van der Waals surface area contributed by atoms with Crippen molar-refractivity contribution in [1.82, 2.24) is 15.1 Å². The number of carbonyl (C=O) groups excluding carboxylic acids is 2. The maximum Gasteiger partial charge on any atom is 0.229 e. The lowest BCUT2D eigenvalue weighted by Gasteiger charge is -2.38. The van der Waals surface area contributed by atoms with Crippen molar-refractivity contribution in [3.8, 4) is 0 Å². The Hall–Kier alpha value is -2.93. The van der Waals surface area contributed by atoms with Crippen LogP contribution in [0.4, 0.5) is 0 Å². The Balaban J connectivity index is 1.14. The maximum atomic E-state index is 13.4. The average Bonchev–Trinajstić information content (AvgIpc) is 3.55. The van der Waals surface area contributed by atoms with Crippen LogP contribution in [0.3, 0.4) is 0 Å². The molecule has 192 valence electrons. The number of carbonyl (C=O) groups is 2. The van der Waals surface area contributed by atoms with Crippen LogP contribution in [0.5, 0.6) is 0 Å². The first-order valence-electron chi connectivity index (χ1n) is 13.6. The Morgan fingerprint density at radius 3 is 2.39 bits per heavy atom. The molecule has 1 aromatic carbocycles. The first-order valence-corrected chi connectivity index (χ1v) is 13.6. The van der Waals surface area contributed by atoms with Crippen LogP contribution in [0.1, 0.15) is 68.5 Å². The summed E-state index contributed by atoms with van der Waals surface area (Å²) in [5.74, 6) is 0.644. The third kappa shape index (κ3) is 5.56. The van der Waals surface area contributed by atoms with Gasteiger partial charge in [-0.1, -0.05) is 43.2 Å². The summed E-state index contributed by atoms with van der Waals surface area (Å²) in [6, 6.07) is 13.9. The first kappa shape index (κ1) is 24.8. The number of amides is 2. The van der Waals surface area contributed by atoms with Gasteiger partial charge < -0.3 is 20.3 Å². The van der Waals surface area contributed by atoms with E-state index in [9.17, 15) is 14.8 Å². The highest BCUT2D eigenvalue weighted by Gasteiger charge is 2.47. The number of nitrogens with zero attached hydrogens (tertiary/aromatic N) is 3. The molecule has 1 aliphatic carbocycles. The number of likely N-dealkylation sites (tertiary alicyclic amines) is 2. The first-order chi connectivity index (χ1) is 17.5. The van der Waals surface area contributed by atoms with Crippen LogP contribution in [0, 0.1) is 16.5 Å². The zero-order chi connectivity index (χ0) is 25.0. The van der Waals surface area contributed by atoms with Gasteiger partial charge in [-0.15, -0.1) is 0 Å². The van der Waals surface area contributed by atoms with Crippen LogP contribution in [0.15, 0.2) is 54.9 Å². The molecule has 1 N–H and O–H groups in total. The van der Waals surface area contributed by atoms with E-state index in [1.54, 1.807) is 12.1 Å². The molecule has 7 nitrogen and oxygen atoms in total. The summed E-state index contributed by atoms with van der Waals surface area (Å²) in [6.45, 7) is 4.11. The summed E-state index contributed by atoms with van der Waals surface area (Å²) < 4.78 is 0.773. The minimum atomic E-state index is -0.237. The predicted octanol–water partition coefficient (Wildman–Crippen LogP) is 3.57. The third-order valence-corrected chi connectivity index (χ3v) is 8.64.